The van der Waals surface area contributed by atoms with E-state index < -0.39 is 0 Å². The lowest BCUT2D eigenvalue weighted by atomic mass is 10.3. The molecule has 4 rings (SSSR count). The molecule has 3 aromatic rings. The van der Waals surface area contributed by atoms with E-state index in [-0.39, 0.29) is 0 Å². The number of aromatic nitrogens is 2. The van der Waals surface area contributed by atoms with Gasteiger partial charge in [0.05, 0.1) is 24.1 Å². The highest BCUT2D eigenvalue weighted by Gasteiger charge is 2.36. The summed E-state index contributed by atoms with van der Waals surface area (Å²) in [6, 6.07) is 12.3. The molecule has 1 aliphatic carbocycles. The highest BCUT2D eigenvalue weighted by molar-refractivity contribution is 5.74. The van der Waals surface area contributed by atoms with E-state index in [2.05, 4.69) is 34.3 Å². The number of nitrogens with zero attached hydrogens (tertiary/aromatic N) is 1. The molecular weight excluding hydrogens is 262 g/mol. The van der Waals surface area contributed by atoms with Crippen molar-refractivity contribution in [3.05, 3.63) is 53.7 Å². The molecule has 1 aromatic carbocycles. The van der Waals surface area contributed by atoms with Gasteiger partial charge in [-0.05, 0) is 36.6 Å². The molecule has 2 N–H and O–H groups in total. The Kier molecular flexibility index (Phi) is 3.04. The van der Waals surface area contributed by atoms with E-state index in [1.165, 1.54) is 6.42 Å². The van der Waals surface area contributed by atoms with Crippen molar-refractivity contribution in [2.24, 2.45) is 5.92 Å². The normalized spacial score (nSPS) is 21.0. The summed E-state index contributed by atoms with van der Waals surface area (Å²) in [6.07, 6.45) is 1.26. The van der Waals surface area contributed by atoms with Crippen LogP contribution in [0.15, 0.2) is 40.8 Å². The Labute approximate surface area is 123 Å². The molecule has 108 valence electrons. The minimum atomic E-state index is 0.647. The number of H-pyrrole nitrogens is 1. The summed E-state index contributed by atoms with van der Waals surface area (Å²) in [5.41, 5.74) is 2.09. The standard InChI is InChI=1S/C17H19N3O/c1-11-8-13(11)16-7-6-12(21-16)9-18-10-17-19-14-4-2-3-5-15(14)20-17/h2-7,11,13,18H,8-10H2,1H3,(H,19,20). The smallest absolute Gasteiger partial charge is 0.121 e. The van der Waals surface area contributed by atoms with Crippen molar-refractivity contribution in [2.45, 2.75) is 32.4 Å². The first-order chi connectivity index (χ1) is 10.3. The molecule has 0 aliphatic heterocycles. The summed E-state index contributed by atoms with van der Waals surface area (Å²) in [6.45, 7) is 3.72. The number of hydrogen-bond donors (Lipinski definition) is 2. The molecule has 4 nitrogen and oxygen atoms in total. The van der Waals surface area contributed by atoms with Crippen molar-refractivity contribution in [3.63, 3.8) is 0 Å². The van der Waals surface area contributed by atoms with E-state index in [4.69, 9.17) is 4.42 Å². The van der Waals surface area contributed by atoms with Crippen LogP contribution in [0.25, 0.3) is 11.0 Å². The number of benzene rings is 1. The minimum absolute atomic E-state index is 0.647. The molecule has 0 bridgehead atoms. The van der Waals surface area contributed by atoms with Crippen LogP contribution < -0.4 is 5.32 Å². The van der Waals surface area contributed by atoms with Crippen LogP contribution in [0.4, 0.5) is 0 Å². The molecule has 0 amide bonds. The molecule has 2 atom stereocenters. The fraction of sp³-hybridized carbons (Fsp3) is 0.353. The monoisotopic (exact) mass is 281 g/mol. The summed E-state index contributed by atoms with van der Waals surface area (Å²) in [7, 11) is 0. The summed E-state index contributed by atoms with van der Waals surface area (Å²) in [4.78, 5) is 7.87. The number of aromatic amines is 1. The molecular formula is C17H19N3O. The average molecular weight is 281 g/mol. The maximum atomic E-state index is 5.88. The van der Waals surface area contributed by atoms with Crippen LogP contribution in [0.1, 0.15) is 36.6 Å². The zero-order valence-corrected chi connectivity index (χ0v) is 12.1. The van der Waals surface area contributed by atoms with Gasteiger partial charge in [-0.2, -0.15) is 0 Å². The summed E-state index contributed by atoms with van der Waals surface area (Å²) in [5, 5.41) is 3.38. The molecule has 0 spiro atoms. The van der Waals surface area contributed by atoms with Crippen LogP contribution in [0.3, 0.4) is 0 Å². The number of hydrogen-bond acceptors (Lipinski definition) is 3. The minimum Gasteiger partial charge on any atom is -0.464 e. The largest absolute Gasteiger partial charge is 0.464 e. The third kappa shape index (κ3) is 2.59. The van der Waals surface area contributed by atoms with Crippen LogP contribution in [-0.4, -0.2) is 9.97 Å². The van der Waals surface area contributed by atoms with E-state index in [1.807, 2.05) is 24.3 Å². The average Bonchev–Trinajstić information content (AvgIpc) is 2.92. The third-order valence-corrected chi connectivity index (χ3v) is 4.19. The number of fused-ring (bicyclic) bond motifs is 1. The van der Waals surface area contributed by atoms with E-state index in [9.17, 15) is 0 Å². The van der Waals surface area contributed by atoms with E-state index >= 15 is 0 Å². The Morgan fingerprint density at radius 3 is 2.90 bits per heavy atom. The zero-order chi connectivity index (χ0) is 14.2. The van der Waals surface area contributed by atoms with Gasteiger partial charge in [0.2, 0.25) is 0 Å². The van der Waals surface area contributed by atoms with Crippen LogP contribution >= 0.6 is 0 Å². The van der Waals surface area contributed by atoms with Crippen LogP contribution in [-0.2, 0) is 13.1 Å². The Hall–Kier alpha value is -2.07. The van der Waals surface area contributed by atoms with Crippen molar-refractivity contribution in [1.82, 2.24) is 15.3 Å². The molecule has 0 saturated heterocycles. The van der Waals surface area contributed by atoms with Crippen molar-refractivity contribution < 1.29 is 4.42 Å². The SMILES string of the molecule is CC1CC1c1ccc(CNCc2nc3ccccc3[nH]2)o1. The highest BCUT2D eigenvalue weighted by Crippen LogP contribution is 2.47. The molecule has 1 fully saturated rings. The lowest BCUT2D eigenvalue weighted by Crippen LogP contribution is -2.13. The molecule has 2 aromatic heterocycles. The van der Waals surface area contributed by atoms with Crippen LogP contribution in [0.5, 0.6) is 0 Å². The Morgan fingerprint density at radius 1 is 1.24 bits per heavy atom. The summed E-state index contributed by atoms with van der Waals surface area (Å²) < 4.78 is 5.88. The fourth-order valence-electron chi connectivity index (χ4n) is 2.80. The quantitative estimate of drug-likeness (QED) is 0.751. The second kappa shape index (κ2) is 5.04. The number of rotatable bonds is 5. The van der Waals surface area contributed by atoms with Gasteiger partial charge in [0.25, 0.3) is 0 Å². The first-order valence-electron chi connectivity index (χ1n) is 7.52. The van der Waals surface area contributed by atoms with Gasteiger partial charge in [0.15, 0.2) is 0 Å². The van der Waals surface area contributed by atoms with Gasteiger partial charge >= 0.3 is 0 Å². The Bertz CT molecular complexity index is 725. The van der Waals surface area contributed by atoms with Gasteiger partial charge in [-0.25, -0.2) is 4.98 Å². The first kappa shape index (κ1) is 12.7. The molecule has 2 heterocycles. The lowest BCUT2D eigenvalue weighted by molar-refractivity contribution is 0.443. The van der Waals surface area contributed by atoms with Gasteiger partial charge in [0, 0.05) is 5.92 Å². The fourth-order valence-corrected chi connectivity index (χ4v) is 2.80. The van der Waals surface area contributed by atoms with Gasteiger partial charge < -0.3 is 14.7 Å². The first-order valence-corrected chi connectivity index (χ1v) is 7.52. The van der Waals surface area contributed by atoms with Crippen molar-refractivity contribution in [3.8, 4) is 0 Å². The molecule has 0 radical (unpaired) electrons. The van der Waals surface area contributed by atoms with Crippen LogP contribution in [0, 0.1) is 5.92 Å². The van der Waals surface area contributed by atoms with E-state index in [0.717, 1.165) is 40.8 Å². The molecule has 2 unspecified atom stereocenters. The van der Waals surface area contributed by atoms with Gasteiger partial charge in [-0.1, -0.05) is 19.1 Å². The maximum absolute atomic E-state index is 5.88. The summed E-state index contributed by atoms with van der Waals surface area (Å²) in [5.74, 6) is 4.53. The molecule has 21 heavy (non-hydrogen) atoms. The maximum Gasteiger partial charge on any atom is 0.121 e. The van der Waals surface area contributed by atoms with E-state index in [0.29, 0.717) is 12.5 Å². The molecule has 4 heteroatoms. The number of imidazole rings is 1. The lowest BCUT2D eigenvalue weighted by Gasteiger charge is -1.99. The topological polar surface area (TPSA) is 53.9 Å². The summed E-state index contributed by atoms with van der Waals surface area (Å²) >= 11 is 0. The van der Waals surface area contributed by atoms with Crippen molar-refractivity contribution >= 4 is 11.0 Å². The highest BCUT2D eigenvalue weighted by atomic mass is 16.3. The van der Waals surface area contributed by atoms with Crippen LogP contribution in [0.2, 0.25) is 0 Å². The Balaban J connectivity index is 1.35. The number of para-hydroxylation sites is 2. The zero-order valence-electron chi connectivity index (χ0n) is 12.1. The predicted octanol–water partition coefficient (Wildman–Crippen LogP) is 3.57. The van der Waals surface area contributed by atoms with Crippen molar-refractivity contribution in [1.29, 1.82) is 0 Å². The third-order valence-electron chi connectivity index (χ3n) is 4.19. The molecule has 1 aliphatic rings. The second-order valence-corrected chi connectivity index (χ2v) is 5.93. The Morgan fingerprint density at radius 2 is 2.10 bits per heavy atom. The number of nitrogens with one attached hydrogen (secondary N) is 2. The number of furan rings is 1. The van der Waals surface area contributed by atoms with Gasteiger partial charge in [-0.15, -0.1) is 0 Å². The van der Waals surface area contributed by atoms with Gasteiger partial charge in [0.1, 0.15) is 17.3 Å². The van der Waals surface area contributed by atoms with Crippen molar-refractivity contribution in [2.75, 3.05) is 0 Å². The van der Waals surface area contributed by atoms with E-state index in [1.54, 1.807) is 0 Å². The molecule has 1 saturated carbocycles. The second-order valence-electron chi connectivity index (χ2n) is 5.93. The van der Waals surface area contributed by atoms with Gasteiger partial charge in [-0.3, -0.25) is 0 Å². The predicted molar refractivity (Wildman–Crippen MR) is 81.9 cm³/mol.